The van der Waals surface area contributed by atoms with Crippen molar-refractivity contribution in [1.82, 2.24) is 0 Å². The van der Waals surface area contributed by atoms with Crippen LogP contribution in [0.15, 0.2) is 18.2 Å². The van der Waals surface area contributed by atoms with E-state index in [2.05, 4.69) is 39.0 Å². The lowest BCUT2D eigenvalue weighted by Crippen LogP contribution is -2.12. The smallest absolute Gasteiger partial charge is 0.000802 e. The molecule has 0 aromatic heterocycles. The summed E-state index contributed by atoms with van der Waals surface area (Å²) in [6.07, 6.45) is 2.44. The van der Waals surface area contributed by atoms with Crippen molar-refractivity contribution in [2.24, 2.45) is 5.73 Å². The average molecular weight is 203 g/mol. The third-order valence-electron chi connectivity index (χ3n) is 3.50. The van der Waals surface area contributed by atoms with Gasteiger partial charge in [0.05, 0.1) is 0 Å². The first-order valence-electron chi connectivity index (χ1n) is 5.86. The van der Waals surface area contributed by atoms with E-state index in [1.807, 2.05) is 0 Å². The molecule has 2 N–H and O–H groups in total. The van der Waals surface area contributed by atoms with E-state index in [4.69, 9.17) is 5.73 Å². The van der Waals surface area contributed by atoms with Gasteiger partial charge in [-0.2, -0.15) is 0 Å². The third-order valence-corrected chi connectivity index (χ3v) is 3.50. The van der Waals surface area contributed by atoms with E-state index in [9.17, 15) is 0 Å². The molecule has 0 radical (unpaired) electrons. The summed E-state index contributed by atoms with van der Waals surface area (Å²) >= 11 is 0. The number of nitrogens with two attached hydrogens (primary N) is 1. The van der Waals surface area contributed by atoms with Gasteiger partial charge in [0.15, 0.2) is 0 Å². The van der Waals surface area contributed by atoms with Gasteiger partial charge < -0.3 is 5.73 Å². The van der Waals surface area contributed by atoms with Crippen molar-refractivity contribution in [1.29, 1.82) is 0 Å². The fourth-order valence-corrected chi connectivity index (χ4v) is 2.42. The topological polar surface area (TPSA) is 26.0 Å². The second-order valence-electron chi connectivity index (χ2n) is 5.63. The summed E-state index contributed by atoms with van der Waals surface area (Å²) in [4.78, 5) is 0. The molecule has 1 aromatic carbocycles. The first kappa shape index (κ1) is 10.7. The maximum Gasteiger partial charge on any atom is -0.000802 e. The van der Waals surface area contributed by atoms with Crippen molar-refractivity contribution in [3.63, 3.8) is 0 Å². The zero-order valence-electron chi connectivity index (χ0n) is 10.0. The summed E-state index contributed by atoms with van der Waals surface area (Å²) in [6.45, 7) is 7.60. The monoisotopic (exact) mass is 203 g/mol. The van der Waals surface area contributed by atoms with Crippen molar-refractivity contribution >= 4 is 0 Å². The number of aryl methyl sites for hydroxylation is 1. The Morgan fingerprint density at radius 1 is 1.33 bits per heavy atom. The fraction of sp³-hybridized carbons (Fsp3) is 0.571. The summed E-state index contributed by atoms with van der Waals surface area (Å²) in [5, 5.41) is 0. The van der Waals surface area contributed by atoms with E-state index in [0.717, 1.165) is 6.54 Å². The highest BCUT2D eigenvalue weighted by molar-refractivity contribution is 5.40. The van der Waals surface area contributed by atoms with E-state index < -0.39 is 0 Å². The Kier molecular flexibility index (Phi) is 2.59. The van der Waals surface area contributed by atoms with Crippen LogP contribution >= 0.6 is 0 Å². The maximum atomic E-state index is 5.77. The highest BCUT2D eigenvalue weighted by Crippen LogP contribution is 2.35. The van der Waals surface area contributed by atoms with Gasteiger partial charge in [0, 0.05) is 0 Å². The molecule has 82 valence electrons. The maximum absolute atomic E-state index is 5.77. The largest absolute Gasteiger partial charge is 0.330 e. The lowest BCUT2D eigenvalue weighted by molar-refractivity contribution is 0.589. The first-order chi connectivity index (χ1) is 7.02. The molecule has 0 bridgehead atoms. The van der Waals surface area contributed by atoms with Gasteiger partial charge in [-0.1, -0.05) is 39.0 Å². The number of rotatable bonds is 1. The molecule has 1 aliphatic rings. The Labute approximate surface area is 92.7 Å². The molecule has 0 amide bonds. The Bertz CT molecular complexity index is 360. The van der Waals surface area contributed by atoms with Gasteiger partial charge in [0.1, 0.15) is 0 Å². The fourth-order valence-electron chi connectivity index (χ4n) is 2.42. The summed E-state index contributed by atoms with van der Waals surface area (Å²) in [5.41, 5.74) is 10.5. The molecule has 1 unspecified atom stereocenters. The van der Waals surface area contributed by atoms with Crippen LogP contribution in [0.4, 0.5) is 0 Å². The zero-order chi connectivity index (χ0) is 11.1. The minimum absolute atomic E-state index is 0.260. The van der Waals surface area contributed by atoms with Crippen LogP contribution in [0.2, 0.25) is 0 Å². The van der Waals surface area contributed by atoms with Crippen LogP contribution in [0, 0.1) is 0 Å². The molecule has 1 heteroatoms. The SMILES string of the molecule is CC(C)(C)c1ccc2c(c1)CCC2CN. The Morgan fingerprint density at radius 2 is 2.07 bits per heavy atom. The molecule has 0 saturated heterocycles. The van der Waals surface area contributed by atoms with Crippen LogP contribution in [0.3, 0.4) is 0 Å². The van der Waals surface area contributed by atoms with Crippen molar-refractivity contribution in [3.05, 3.63) is 34.9 Å². The molecule has 0 fully saturated rings. The highest BCUT2D eigenvalue weighted by atomic mass is 14.6. The Hall–Kier alpha value is -0.820. The lowest BCUT2D eigenvalue weighted by atomic mass is 9.85. The summed E-state index contributed by atoms with van der Waals surface area (Å²) < 4.78 is 0. The zero-order valence-corrected chi connectivity index (χ0v) is 10.0. The number of benzene rings is 1. The van der Waals surface area contributed by atoms with Gasteiger partial charge in [-0.15, -0.1) is 0 Å². The van der Waals surface area contributed by atoms with Gasteiger partial charge in [-0.05, 0) is 47.4 Å². The summed E-state index contributed by atoms with van der Waals surface area (Å²) in [7, 11) is 0. The molecule has 1 aromatic rings. The molecule has 0 saturated carbocycles. The number of hydrogen-bond acceptors (Lipinski definition) is 1. The quantitative estimate of drug-likeness (QED) is 0.746. The molecule has 2 rings (SSSR count). The average Bonchev–Trinajstić information content (AvgIpc) is 2.58. The van der Waals surface area contributed by atoms with Crippen molar-refractivity contribution in [2.75, 3.05) is 6.54 Å². The Morgan fingerprint density at radius 3 is 2.67 bits per heavy atom. The molecule has 1 nitrogen and oxygen atoms in total. The van der Waals surface area contributed by atoms with Crippen molar-refractivity contribution in [3.8, 4) is 0 Å². The third kappa shape index (κ3) is 1.93. The predicted molar refractivity (Wildman–Crippen MR) is 65.3 cm³/mol. The normalized spacial score (nSPS) is 20.4. The van der Waals surface area contributed by atoms with Gasteiger partial charge in [-0.25, -0.2) is 0 Å². The van der Waals surface area contributed by atoms with Crippen molar-refractivity contribution < 1.29 is 0 Å². The predicted octanol–water partition coefficient (Wildman–Crippen LogP) is 2.97. The van der Waals surface area contributed by atoms with Gasteiger partial charge in [0.25, 0.3) is 0 Å². The molecule has 0 aliphatic heterocycles. The van der Waals surface area contributed by atoms with Gasteiger partial charge in [0.2, 0.25) is 0 Å². The molecular weight excluding hydrogens is 182 g/mol. The van der Waals surface area contributed by atoms with Crippen LogP contribution < -0.4 is 5.73 Å². The molecular formula is C14H21N. The van der Waals surface area contributed by atoms with Crippen LogP contribution in [-0.2, 0) is 11.8 Å². The van der Waals surface area contributed by atoms with Crippen LogP contribution in [0.1, 0.15) is 49.8 Å². The highest BCUT2D eigenvalue weighted by Gasteiger charge is 2.23. The van der Waals surface area contributed by atoms with E-state index in [1.165, 1.54) is 29.5 Å². The second-order valence-corrected chi connectivity index (χ2v) is 5.63. The number of hydrogen-bond donors (Lipinski definition) is 1. The van der Waals surface area contributed by atoms with E-state index in [1.54, 1.807) is 0 Å². The molecule has 0 heterocycles. The molecule has 1 atom stereocenters. The minimum atomic E-state index is 0.260. The standard InChI is InChI=1S/C14H21N/c1-14(2,3)12-6-7-13-10(8-12)4-5-11(13)9-15/h6-8,11H,4-5,9,15H2,1-3H3. The molecule has 1 aliphatic carbocycles. The first-order valence-corrected chi connectivity index (χ1v) is 5.86. The summed E-state index contributed by atoms with van der Waals surface area (Å²) in [5.74, 6) is 0.606. The van der Waals surface area contributed by atoms with E-state index >= 15 is 0 Å². The summed E-state index contributed by atoms with van der Waals surface area (Å²) in [6, 6.07) is 6.94. The second kappa shape index (κ2) is 3.64. The Balaban J connectivity index is 2.37. The van der Waals surface area contributed by atoms with Gasteiger partial charge in [-0.3, -0.25) is 0 Å². The minimum Gasteiger partial charge on any atom is -0.330 e. The van der Waals surface area contributed by atoms with Crippen LogP contribution in [-0.4, -0.2) is 6.54 Å². The van der Waals surface area contributed by atoms with E-state index in [0.29, 0.717) is 5.92 Å². The van der Waals surface area contributed by atoms with Crippen LogP contribution in [0.5, 0.6) is 0 Å². The lowest BCUT2D eigenvalue weighted by Gasteiger charge is -2.20. The van der Waals surface area contributed by atoms with E-state index in [-0.39, 0.29) is 5.41 Å². The number of fused-ring (bicyclic) bond motifs is 1. The van der Waals surface area contributed by atoms with Crippen LogP contribution in [0.25, 0.3) is 0 Å². The van der Waals surface area contributed by atoms with Crippen molar-refractivity contribution in [2.45, 2.75) is 44.9 Å². The molecule has 0 spiro atoms. The molecule has 15 heavy (non-hydrogen) atoms. The van der Waals surface area contributed by atoms with Gasteiger partial charge >= 0.3 is 0 Å².